The van der Waals surface area contributed by atoms with E-state index in [-0.39, 0.29) is 11.8 Å². The number of hydrogen-bond donors (Lipinski definition) is 0. The Morgan fingerprint density at radius 2 is 1.74 bits per heavy atom. The average molecular weight is 374 g/mol. The number of fused-ring (bicyclic) bond motifs is 5. The minimum Gasteiger partial charge on any atom is -0.348 e. The molecule has 0 amide bonds. The van der Waals surface area contributed by atoms with Crippen molar-refractivity contribution in [3.63, 3.8) is 0 Å². The van der Waals surface area contributed by atoms with Crippen molar-refractivity contribution in [2.45, 2.75) is 84.0 Å². The molecule has 4 fully saturated rings. The molecule has 4 nitrogen and oxygen atoms in total. The molecule has 4 unspecified atom stereocenters. The zero-order valence-electron chi connectivity index (χ0n) is 17.2. The van der Waals surface area contributed by atoms with Crippen LogP contribution in [0.15, 0.2) is 16.8 Å². The Morgan fingerprint density at radius 1 is 0.963 bits per heavy atom. The molecule has 1 aliphatic heterocycles. The van der Waals surface area contributed by atoms with Crippen LogP contribution in [0.2, 0.25) is 0 Å². The topological polar surface area (TPSA) is 47.9 Å². The molecule has 4 aliphatic carbocycles. The maximum absolute atomic E-state index is 11.1. The number of allylic oxidation sites excluding steroid dienone is 1. The van der Waals surface area contributed by atoms with Crippen molar-refractivity contribution in [3.05, 3.63) is 16.6 Å². The second-order valence-electron chi connectivity index (χ2n) is 10.6. The van der Waals surface area contributed by atoms with Gasteiger partial charge >= 0.3 is 0 Å². The molecule has 0 aromatic rings. The van der Waals surface area contributed by atoms with Gasteiger partial charge in [0, 0.05) is 5.92 Å². The predicted molar refractivity (Wildman–Crippen MR) is 105 cm³/mol. The van der Waals surface area contributed by atoms with Crippen molar-refractivity contribution >= 4 is 0 Å². The summed E-state index contributed by atoms with van der Waals surface area (Å²) in [5.74, 6) is 2.55. The van der Waals surface area contributed by atoms with Gasteiger partial charge in [-0.2, -0.15) is 4.91 Å². The highest BCUT2D eigenvalue weighted by Gasteiger charge is 2.63. The molecule has 0 radical (unpaired) electrons. The molecule has 27 heavy (non-hydrogen) atoms. The van der Waals surface area contributed by atoms with Crippen LogP contribution in [0, 0.1) is 39.4 Å². The largest absolute Gasteiger partial charge is 0.348 e. The quantitative estimate of drug-likeness (QED) is 0.477. The summed E-state index contributed by atoms with van der Waals surface area (Å²) in [5.41, 5.74) is 2.19. The Kier molecular flexibility index (Phi) is 4.15. The third-order valence-corrected chi connectivity index (χ3v) is 9.72. The summed E-state index contributed by atoms with van der Waals surface area (Å²) in [7, 11) is 0. The van der Waals surface area contributed by atoms with Crippen LogP contribution in [0.1, 0.15) is 72.1 Å². The van der Waals surface area contributed by atoms with E-state index in [1.807, 2.05) is 0 Å². The van der Waals surface area contributed by atoms with Gasteiger partial charge in [0.15, 0.2) is 5.79 Å². The third kappa shape index (κ3) is 2.48. The molecule has 7 atom stereocenters. The summed E-state index contributed by atoms with van der Waals surface area (Å²) in [4.78, 5) is 11.1. The van der Waals surface area contributed by atoms with E-state index in [0.29, 0.717) is 16.7 Å². The van der Waals surface area contributed by atoms with E-state index in [4.69, 9.17) is 9.47 Å². The second kappa shape index (κ2) is 6.13. The van der Waals surface area contributed by atoms with Crippen LogP contribution >= 0.6 is 0 Å². The Balaban J connectivity index is 1.43. The minimum absolute atomic E-state index is 0.0778. The molecule has 0 N–H and O–H groups in total. The summed E-state index contributed by atoms with van der Waals surface area (Å²) in [6, 6.07) is -0.0778. The molecule has 5 rings (SSSR count). The Labute approximate surface area is 163 Å². The van der Waals surface area contributed by atoms with Gasteiger partial charge in [-0.25, -0.2) is 0 Å². The number of hydrogen-bond acceptors (Lipinski definition) is 4. The molecule has 3 saturated carbocycles. The first-order valence-corrected chi connectivity index (χ1v) is 11.2. The SMILES string of the molecule is CC1([C@H]2CCC3C4CCC5=CC(N=O)CC[C@]5(C)C4CC[C@@]32C)OCCO1. The average Bonchev–Trinajstić information content (AvgIpc) is 3.24. The van der Waals surface area contributed by atoms with Crippen LogP contribution in [-0.4, -0.2) is 25.0 Å². The van der Waals surface area contributed by atoms with E-state index in [2.05, 4.69) is 32.0 Å². The molecule has 0 aromatic carbocycles. The number of nitrogens with zero attached hydrogens (tertiary/aromatic N) is 1. The third-order valence-electron chi connectivity index (χ3n) is 9.72. The molecule has 0 aromatic heterocycles. The summed E-state index contributed by atoms with van der Waals surface area (Å²) in [5, 5.41) is 3.35. The van der Waals surface area contributed by atoms with Crippen LogP contribution in [0.25, 0.3) is 0 Å². The van der Waals surface area contributed by atoms with Gasteiger partial charge in [-0.1, -0.05) is 30.7 Å². The van der Waals surface area contributed by atoms with Crippen LogP contribution in [0.5, 0.6) is 0 Å². The molecule has 1 saturated heterocycles. The van der Waals surface area contributed by atoms with E-state index in [1.165, 1.54) is 38.5 Å². The van der Waals surface area contributed by atoms with Crippen molar-refractivity contribution < 1.29 is 9.47 Å². The van der Waals surface area contributed by atoms with E-state index >= 15 is 0 Å². The van der Waals surface area contributed by atoms with Crippen LogP contribution < -0.4 is 0 Å². The summed E-state index contributed by atoms with van der Waals surface area (Å²) >= 11 is 0. The maximum atomic E-state index is 11.1. The van der Waals surface area contributed by atoms with Crippen LogP contribution in [-0.2, 0) is 9.47 Å². The highest BCUT2D eigenvalue weighted by molar-refractivity contribution is 5.26. The van der Waals surface area contributed by atoms with Gasteiger partial charge in [-0.05, 0) is 86.9 Å². The normalized spacial score (nSPS) is 51.1. The summed E-state index contributed by atoms with van der Waals surface area (Å²) < 4.78 is 12.3. The minimum atomic E-state index is -0.367. The fourth-order valence-electron chi connectivity index (χ4n) is 8.39. The lowest BCUT2D eigenvalue weighted by Gasteiger charge is -2.59. The zero-order valence-corrected chi connectivity index (χ0v) is 17.2. The van der Waals surface area contributed by atoms with Crippen LogP contribution in [0.3, 0.4) is 0 Å². The predicted octanol–water partition coefficient (Wildman–Crippen LogP) is 5.46. The van der Waals surface area contributed by atoms with E-state index in [1.54, 1.807) is 5.57 Å². The molecule has 1 heterocycles. The standard InChI is InChI=1S/C23H35NO3/c1-21-10-8-16(24-25)14-15(21)4-5-17-18-6-7-20(23(3)26-12-13-27-23)22(18,2)11-9-19(17)21/h14,16-20H,4-13H2,1-3H3/t16?,17?,18?,19?,20-,21-,22-/m0/s1. The Hall–Kier alpha value is -0.740. The number of nitroso groups, excluding NO2 is 1. The summed E-state index contributed by atoms with van der Waals surface area (Å²) in [6.07, 6.45) is 12.0. The van der Waals surface area contributed by atoms with Gasteiger partial charge < -0.3 is 9.47 Å². The first kappa shape index (κ1) is 18.3. The lowest BCUT2D eigenvalue weighted by molar-refractivity contribution is -0.214. The number of ether oxygens (including phenoxy) is 2. The monoisotopic (exact) mass is 373 g/mol. The van der Waals surface area contributed by atoms with Gasteiger partial charge in [-0.15, -0.1) is 0 Å². The summed E-state index contributed by atoms with van der Waals surface area (Å²) in [6.45, 7) is 8.73. The number of rotatable bonds is 2. The van der Waals surface area contributed by atoms with Gasteiger partial charge in [0.25, 0.3) is 0 Å². The molecular weight excluding hydrogens is 338 g/mol. The van der Waals surface area contributed by atoms with Crippen molar-refractivity contribution in [1.82, 2.24) is 0 Å². The molecule has 5 aliphatic rings. The second-order valence-corrected chi connectivity index (χ2v) is 10.6. The fraction of sp³-hybridized carbons (Fsp3) is 0.913. The van der Waals surface area contributed by atoms with Crippen molar-refractivity contribution in [2.24, 2.45) is 39.7 Å². The van der Waals surface area contributed by atoms with Gasteiger partial charge in [0.05, 0.1) is 13.2 Å². The van der Waals surface area contributed by atoms with E-state index in [0.717, 1.165) is 43.8 Å². The van der Waals surface area contributed by atoms with Crippen molar-refractivity contribution in [1.29, 1.82) is 0 Å². The molecule has 4 heteroatoms. The lowest BCUT2D eigenvalue weighted by Crippen LogP contribution is -2.53. The fourth-order valence-corrected chi connectivity index (χ4v) is 8.39. The molecule has 0 bridgehead atoms. The van der Waals surface area contributed by atoms with Gasteiger partial charge in [0.1, 0.15) is 6.04 Å². The molecule has 0 spiro atoms. The van der Waals surface area contributed by atoms with Crippen molar-refractivity contribution in [2.75, 3.05) is 13.2 Å². The van der Waals surface area contributed by atoms with Gasteiger partial charge in [-0.3, -0.25) is 0 Å². The van der Waals surface area contributed by atoms with Gasteiger partial charge in [0.2, 0.25) is 0 Å². The highest BCUT2D eigenvalue weighted by atomic mass is 16.7. The Morgan fingerprint density at radius 3 is 2.48 bits per heavy atom. The molecular formula is C23H35NO3. The van der Waals surface area contributed by atoms with Crippen molar-refractivity contribution in [3.8, 4) is 0 Å². The van der Waals surface area contributed by atoms with Crippen LogP contribution in [0.4, 0.5) is 0 Å². The molecule has 150 valence electrons. The first-order valence-electron chi connectivity index (χ1n) is 11.2. The first-order chi connectivity index (χ1) is 12.9. The highest BCUT2D eigenvalue weighted by Crippen LogP contribution is 2.68. The zero-order chi connectivity index (χ0) is 18.9. The van der Waals surface area contributed by atoms with E-state index in [9.17, 15) is 4.91 Å². The smallest absolute Gasteiger partial charge is 0.169 e. The van der Waals surface area contributed by atoms with E-state index < -0.39 is 0 Å². The Bertz CT molecular complexity index is 654. The lowest BCUT2D eigenvalue weighted by atomic mass is 9.46. The maximum Gasteiger partial charge on any atom is 0.169 e.